The summed E-state index contributed by atoms with van der Waals surface area (Å²) >= 11 is 8.21. The number of hydrogen-bond acceptors (Lipinski definition) is 4. The van der Waals surface area contributed by atoms with E-state index in [-0.39, 0.29) is 5.28 Å². The summed E-state index contributed by atoms with van der Waals surface area (Å²) in [6.45, 7) is 0. The van der Waals surface area contributed by atoms with Crippen LogP contribution < -0.4 is 0 Å². The summed E-state index contributed by atoms with van der Waals surface area (Å²) < 4.78 is 2.39. The van der Waals surface area contributed by atoms with E-state index in [1.54, 1.807) is 11.3 Å². The van der Waals surface area contributed by atoms with E-state index < -0.39 is 0 Å². The molecule has 7 rings (SSSR count). The first-order valence-corrected chi connectivity index (χ1v) is 12.8. The highest BCUT2D eigenvalue weighted by molar-refractivity contribution is 7.26. The van der Waals surface area contributed by atoms with Gasteiger partial charge in [0.25, 0.3) is 0 Å². The second-order valence-corrected chi connectivity index (χ2v) is 10.0. The number of aromatic nitrogens is 3. The largest absolute Gasteiger partial charge is 0.226 e. The van der Waals surface area contributed by atoms with Gasteiger partial charge in [-0.25, -0.2) is 4.98 Å². The molecule has 0 atom stereocenters. The molecule has 2 heterocycles. The Bertz CT molecular complexity index is 1910. The Kier molecular flexibility index (Phi) is 5.01. The number of benzene rings is 5. The Morgan fingerprint density at radius 3 is 1.97 bits per heavy atom. The Labute approximate surface area is 216 Å². The van der Waals surface area contributed by atoms with Crippen molar-refractivity contribution in [3.8, 4) is 33.9 Å². The lowest BCUT2D eigenvalue weighted by Gasteiger charge is -2.07. The lowest BCUT2D eigenvalue weighted by Crippen LogP contribution is -1.97. The molecule has 0 fully saturated rings. The van der Waals surface area contributed by atoms with Gasteiger partial charge in [-0.15, -0.1) is 11.3 Å². The molecular formula is C31H18ClN3S. The molecule has 0 spiro atoms. The molecule has 2 aromatic heterocycles. The SMILES string of the molecule is Clc1nc(-c2ccc3ccccc3c2)nc(-c2cccc3c2sc2c(-c4ccccc4)cccc23)n1. The molecule has 0 saturated carbocycles. The van der Waals surface area contributed by atoms with Crippen LogP contribution in [-0.4, -0.2) is 15.0 Å². The third-order valence-corrected chi connectivity index (χ3v) is 7.92. The van der Waals surface area contributed by atoms with Crippen molar-refractivity contribution >= 4 is 53.9 Å². The van der Waals surface area contributed by atoms with Crippen molar-refractivity contribution in [2.75, 3.05) is 0 Å². The molecule has 0 amide bonds. The van der Waals surface area contributed by atoms with Crippen molar-refractivity contribution in [3.63, 3.8) is 0 Å². The number of thiophene rings is 1. The van der Waals surface area contributed by atoms with Gasteiger partial charge in [0.2, 0.25) is 5.28 Å². The molecule has 5 heteroatoms. The minimum absolute atomic E-state index is 0.186. The van der Waals surface area contributed by atoms with Crippen molar-refractivity contribution in [1.82, 2.24) is 15.0 Å². The molecule has 0 N–H and O–H groups in total. The zero-order valence-corrected chi connectivity index (χ0v) is 20.6. The van der Waals surface area contributed by atoms with Gasteiger partial charge < -0.3 is 0 Å². The smallest absolute Gasteiger partial charge is 0.208 e. The quantitative estimate of drug-likeness (QED) is 0.243. The Balaban J connectivity index is 1.43. The first kappa shape index (κ1) is 21.2. The highest BCUT2D eigenvalue weighted by Gasteiger charge is 2.17. The van der Waals surface area contributed by atoms with Crippen molar-refractivity contribution in [1.29, 1.82) is 0 Å². The van der Waals surface area contributed by atoms with Crippen LogP contribution in [0.25, 0.3) is 64.8 Å². The monoisotopic (exact) mass is 499 g/mol. The third-order valence-electron chi connectivity index (χ3n) is 6.47. The zero-order chi connectivity index (χ0) is 24.1. The van der Waals surface area contributed by atoms with Gasteiger partial charge in [-0.3, -0.25) is 0 Å². The van der Waals surface area contributed by atoms with Gasteiger partial charge in [0.05, 0.1) is 0 Å². The molecule has 3 nitrogen and oxygen atoms in total. The van der Waals surface area contributed by atoms with Crippen LogP contribution in [0.15, 0.2) is 109 Å². The Morgan fingerprint density at radius 1 is 0.500 bits per heavy atom. The molecule has 0 bridgehead atoms. The van der Waals surface area contributed by atoms with E-state index in [4.69, 9.17) is 16.6 Å². The molecule has 5 aromatic carbocycles. The molecule has 0 saturated heterocycles. The average Bonchev–Trinajstić information content (AvgIpc) is 3.32. The van der Waals surface area contributed by atoms with E-state index in [0.717, 1.165) is 21.2 Å². The van der Waals surface area contributed by atoms with Crippen LogP contribution in [0.4, 0.5) is 0 Å². The van der Waals surface area contributed by atoms with E-state index in [2.05, 4.69) is 94.9 Å². The fourth-order valence-electron chi connectivity index (χ4n) is 4.77. The van der Waals surface area contributed by atoms with Gasteiger partial charge in [0.1, 0.15) is 0 Å². The fourth-order valence-corrected chi connectivity index (χ4v) is 6.27. The summed E-state index contributed by atoms with van der Waals surface area (Å²) in [4.78, 5) is 13.9. The Hall–Kier alpha value is -4.12. The van der Waals surface area contributed by atoms with Crippen molar-refractivity contribution in [2.45, 2.75) is 0 Å². The van der Waals surface area contributed by atoms with Gasteiger partial charge in [-0.05, 0) is 45.6 Å². The summed E-state index contributed by atoms with van der Waals surface area (Å²) in [5.41, 5.74) is 4.30. The minimum Gasteiger partial charge on any atom is -0.208 e. The summed E-state index contributed by atoms with van der Waals surface area (Å²) in [7, 11) is 0. The number of fused-ring (bicyclic) bond motifs is 4. The second kappa shape index (κ2) is 8.52. The van der Waals surface area contributed by atoms with E-state index in [0.29, 0.717) is 11.6 Å². The van der Waals surface area contributed by atoms with Crippen molar-refractivity contribution in [3.05, 3.63) is 114 Å². The van der Waals surface area contributed by atoms with E-state index >= 15 is 0 Å². The van der Waals surface area contributed by atoms with Crippen LogP contribution in [-0.2, 0) is 0 Å². The molecule has 170 valence electrons. The van der Waals surface area contributed by atoms with Gasteiger partial charge in [-0.2, -0.15) is 9.97 Å². The van der Waals surface area contributed by atoms with Gasteiger partial charge in [0, 0.05) is 31.3 Å². The van der Waals surface area contributed by atoms with Crippen LogP contribution >= 0.6 is 22.9 Å². The number of hydrogen-bond donors (Lipinski definition) is 0. The molecular weight excluding hydrogens is 482 g/mol. The lowest BCUT2D eigenvalue weighted by atomic mass is 10.0. The predicted octanol–water partition coefficient (Wildman–Crippen LogP) is 9.05. The molecule has 0 aliphatic rings. The second-order valence-electron chi connectivity index (χ2n) is 8.65. The van der Waals surface area contributed by atoms with Crippen LogP contribution in [0.3, 0.4) is 0 Å². The average molecular weight is 500 g/mol. The topological polar surface area (TPSA) is 38.7 Å². The van der Waals surface area contributed by atoms with Crippen LogP contribution in [0.2, 0.25) is 5.28 Å². The lowest BCUT2D eigenvalue weighted by molar-refractivity contribution is 1.07. The molecule has 36 heavy (non-hydrogen) atoms. The van der Waals surface area contributed by atoms with Crippen molar-refractivity contribution < 1.29 is 0 Å². The highest BCUT2D eigenvalue weighted by atomic mass is 35.5. The number of halogens is 1. The maximum atomic E-state index is 6.44. The summed E-state index contributed by atoms with van der Waals surface area (Å²) in [5.74, 6) is 1.15. The normalized spacial score (nSPS) is 11.5. The van der Waals surface area contributed by atoms with Gasteiger partial charge >= 0.3 is 0 Å². The number of rotatable bonds is 3. The van der Waals surface area contributed by atoms with E-state index in [1.165, 1.54) is 32.0 Å². The van der Waals surface area contributed by atoms with Crippen LogP contribution in [0.5, 0.6) is 0 Å². The van der Waals surface area contributed by atoms with E-state index in [9.17, 15) is 0 Å². The Morgan fingerprint density at radius 2 is 1.17 bits per heavy atom. The van der Waals surface area contributed by atoms with E-state index in [1.807, 2.05) is 24.3 Å². The number of nitrogens with zero attached hydrogens (tertiary/aromatic N) is 3. The molecule has 0 aliphatic carbocycles. The predicted molar refractivity (Wildman–Crippen MR) is 152 cm³/mol. The summed E-state index contributed by atoms with van der Waals surface area (Å²) in [5, 5.41) is 4.91. The van der Waals surface area contributed by atoms with Crippen molar-refractivity contribution in [2.24, 2.45) is 0 Å². The summed E-state index contributed by atoms with van der Waals surface area (Å²) in [6, 6.07) is 37.8. The maximum Gasteiger partial charge on any atom is 0.226 e. The highest BCUT2D eigenvalue weighted by Crippen LogP contribution is 2.43. The molecule has 7 aromatic rings. The van der Waals surface area contributed by atoms with Crippen LogP contribution in [0, 0.1) is 0 Å². The minimum atomic E-state index is 0.186. The molecule has 0 aliphatic heterocycles. The molecule has 0 radical (unpaired) electrons. The fraction of sp³-hybridized carbons (Fsp3) is 0. The van der Waals surface area contributed by atoms with Gasteiger partial charge in [0.15, 0.2) is 11.6 Å². The van der Waals surface area contributed by atoms with Crippen LogP contribution in [0.1, 0.15) is 0 Å². The zero-order valence-electron chi connectivity index (χ0n) is 19.0. The maximum absolute atomic E-state index is 6.44. The first-order valence-electron chi connectivity index (χ1n) is 11.7. The summed E-state index contributed by atoms with van der Waals surface area (Å²) in [6.07, 6.45) is 0. The first-order chi connectivity index (χ1) is 17.7. The van der Waals surface area contributed by atoms with Gasteiger partial charge in [-0.1, -0.05) is 97.1 Å². The molecule has 0 unspecified atom stereocenters. The standard InChI is InChI=1S/C31H18ClN3S/c32-31-34-29(22-17-16-19-8-4-5-11-21(19)18-22)33-30(35-31)26-15-7-14-25-24-13-6-12-23(27(24)36-28(25)26)20-9-2-1-3-10-20/h1-18H. The third kappa shape index (κ3) is 3.54.